The highest BCUT2D eigenvalue weighted by atomic mass is 32.2. The van der Waals surface area contributed by atoms with E-state index in [0.717, 1.165) is 11.8 Å². The van der Waals surface area contributed by atoms with Crippen LogP contribution in [0.1, 0.15) is 0 Å². The smallest absolute Gasteiger partial charge is 0.384 e. The van der Waals surface area contributed by atoms with Gasteiger partial charge in [-0.1, -0.05) is 12.2 Å². The molecule has 74 valence electrons. The first-order valence-electron chi connectivity index (χ1n) is 2.59. The highest BCUT2D eigenvalue weighted by Crippen LogP contribution is 2.03. The molecule has 0 fully saturated rings. The van der Waals surface area contributed by atoms with Crippen molar-refractivity contribution in [3.05, 3.63) is 0 Å². The SMILES string of the molecule is NC(=S)SC(=S)NOC(=O)N(S)S. The minimum absolute atomic E-state index is 0.127. The Morgan fingerprint density at radius 1 is 1.54 bits per heavy atom. The molecule has 0 saturated heterocycles. The number of hydrogen-bond acceptors (Lipinski definition) is 7. The monoisotopic (exact) mass is 275 g/mol. The first kappa shape index (κ1) is 13.1. The number of hydrogen-bond donors (Lipinski definition) is 4. The first-order chi connectivity index (χ1) is 5.93. The lowest BCUT2D eigenvalue weighted by atomic mass is 11.3. The van der Waals surface area contributed by atoms with Crippen LogP contribution in [-0.4, -0.2) is 18.4 Å². The number of amides is 1. The van der Waals surface area contributed by atoms with Gasteiger partial charge in [-0.25, -0.2) is 4.79 Å². The fourth-order valence-corrected chi connectivity index (χ4v) is 1.31. The Labute approximate surface area is 101 Å². The van der Waals surface area contributed by atoms with Crippen LogP contribution in [0.25, 0.3) is 0 Å². The van der Waals surface area contributed by atoms with Crippen molar-refractivity contribution in [2.24, 2.45) is 5.73 Å². The van der Waals surface area contributed by atoms with Crippen molar-refractivity contribution in [3.8, 4) is 0 Å². The Balaban J connectivity index is 3.70. The number of thiol groups is 2. The molecule has 0 aromatic carbocycles. The van der Waals surface area contributed by atoms with Crippen molar-refractivity contribution < 1.29 is 9.63 Å². The van der Waals surface area contributed by atoms with E-state index >= 15 is 0 Å². The lowest BCUT2D eigenvalue weighted by Gasteiger charge is -2.08. The average molecular weight is 275 g/mol. The molecule has 0 radical (unpaired) electrons. The summed E-state index contributed by atoms with van der Waals surface area (Å²) in [7, 11) is 0. The van der Waals surface area contributed by atoms with E-state index in [1.54, 1.807) is 0 Å². The fourth-order valence-electron chi connectivity index (χ4n) is 0.238. The Kier molecular flexibility index (Phi) is 6.59. The number of carbonyl (C=O) groups is 1. The number of nitrogens with one attached hydrogen (secondary N) is 1. The molecular formula is C3H5N3O2S5. The van der Waals surface area contributed by atoms with Gasteiger partial charge in [0.1, 0.15) is 4.32 Å². The van der Waals surface area contributed by atoms with Gasteiger partial charge >= 0.3 is 6.09 Å². The number of hydroxylamine groups is 1. The number of thioether (sulfide) groups is 1. The number of nitrogens with two attached hydrogens (primary N) is 1. The molecular weight excluding hydrogens is 270 g/mol. The van der Waals surface area contributed by atoms with Crippen LogP contribution >= 0.6 is 61.8 Å². The van der Waals surface area contributed by atoms with Gasteiger partial charge in [-0.3, -0.25) is 0 Å². The summed E-state index contributed by atoms with van der Waals surface area (Å²) in [5, 5.41) is 0. The molecule has 0 aliphatic heterocycles. The van der Waals surface area contributed by atoms with Gasteiger partial charge in [0, 0.05) is 0 Å². The summed E-state index contributed by atoms with van der Waals surface area (Å²) < 4.78 is 0.896. The van der Waals surface area contributed by atoms with Crippen molar-refractivity contribution in [2.45, 2.75) is 0 Å². The molecule has 5 nitrogen and oxygen atoms in total. The van der Waals surface area contributed by atoms with E-state index in [1.807, 2.05) is 0 Å². The van der Waals surface area contributed by atoms with Gasteiger partial charge in [0.2, 0.25) is 0 Å². The predicted molar refractivity (Wildman–Crippen MR) is 66.4 cm³/mol. The zero-order chi connectivity index (χ0) is 10.4. The second-order valence-electron chi connectivity index (χ2n) is 1.47. The van der Waals surface area contributed by atoms with Gasteiger partial charge in [0.25, 0.3) is 0 Å². The van der Waals surface area contributed by atoms with Crippen molar-refractivity contribution in [3.63, 3.8) is 0 Å². The van der Waals surface area contributed by atoms with Crippen LogP contribution in [-0.2, 0) is 4.84 Å². The maximum atomic E-state index is 10.7. The number of thiocarbonyl (C=S) groups is 2. The molecule has 0 rings (SSSR count). The van der Waals surface area contributed by atoms with Gasteiger partial charge < -0.3 is 10.6 Å². The molecule has 0 heterocycles. The minimum atomic E-state index is -0.822. The zero-order valence-electron chi connectivity index (χ0n) is 5.96. The maximum absolute atomic E-state index is 10.7. The van der Waals surface area contributed by atoms with Crippen LogP contribution in [0.3, 0.4) is 0 Å². The third kappa shape index (κ3) is 7.19. The highest BCUT2D eigenvalue weighted by Gasteiger charge is 2.08. The lowest BCUT2D eigenvalue weighted by molar-refractivity contribution is 0.119. The molecule has 1 amide bonds. The number of rotatable bonds is 0. The molecule has 0 bridgehead atoms. The minimum Gasteiger partial charge on any atom is -0.384 e. The maximum Gasteiger partial charge on any atom is 0.454 e. The molecule has 0 aliphatic rings. The lowest BCUT2D eigenvalue weighted by Crippen LogP contribution is -2.28. The van der Waals surface area contributed by atoms with Gasteiger partial charge in [0.15, 0.2) is 4.32 Å². The van der Waals surface area contributed by atoms with Crippen molar-refractivity contribution >= 4 is 76.6 Å². The van der Waals surface area contributed by atoms with Crippen LogP contribution < -0.4 is 11.2 Å². The van der Waals surface area contributed by atoms with Crippen LogP contribution in [0, 0.1) is 0 Å². The molecule has 3 N–H and O–H groups in total. The van der Waals surface area contributed by atoms with Crippen LogP contribution in [0.4, 0.5) is 4.79 Å². The van der Waals surface area contributed by atoms with Crippen molar-refractivity contribution in [1.29, 1.82) is 0 Å². The Morgan fingerprint density at radius 2 is 2.08 bits per heavy atom. The van der Waals surface area contributed by atoms with Crippen molar-refractivity contribution in [2.75, 3.05) is 0 Å². The summed E-state index contributed by atoms with van der Waals surface area (Å²) in [6, 6.07) is 0. The van der Waals surface area contributed by atoms with Gasteiger partial charge in [-0.05, 0) is 49.6 Å². The summed E-state index contributed by atoms with van der Waals surface area (Å²) in [4.78, 5) is 15.1. The first-order valence-corrected chi connectivity index (χ1v) is 5.02. The zero-order valence-corrected chi connectivity index (χ0v) is 10.2. The third-order valence-corrected chi connectivity index (χ3v) is 1.96. The summed E-state index contributed by atoms with van der Waals surface area (Å²) >= 11 is 17.2. The molecule has 0 spiro atoms. The second kappa shape index (κ2) is 6.54. The molecule has 0 atom stereocenters. The molecule has 0 unspecified atom stereocenters. The van der Waals surface area contributed by atoms with Crippen molar-refractivity contribution in [1.82, 2.24) is 9.19 Å². The molecule has 0 aromatic heterocycles. The van der Waals surface area contributed by atoms with E-state index in [1.165, 1.54) is 0 Å². The van der Waals surface area contributed by atoms with E-state index in [-0.39, 0.29) is 8.64 Å². The van der Waals surface area contributed by atoms with Gasteiger partial charge in [0.05, 0.1) is 0 Å². The average Bonchev–Trinajstić information content (AvgIpc) is 1.98. The second-order valence-corrected chi connectivity index (χ2v) is 5.00. The molecule has 13 heavy (non-hydrogen) atoms. The Morgan fingerprint density at radius 3 is 2.46 bits per heavy atom. The Bertz CT molecular complexity index is 231. The van der Waals surface area contributed by atoms with Crippen LogP contribution in [0.5, 0.6) is 0 Å². The largest absolute Gasteiger partial charge is 0.454 e. The van der Waals surface area contributed by atoms with E-state index in [2.05, 4.69) is 60.4 Å². The summed E-state index contributed by atoms with van der Waals surface area (Å²) in [6.07, 6.45) is -0.822. The topological polar surface area (TPSA) is 67.6 Å². The normalized spacial score (nSPS) is 8.77. The highest BCUT2D eigenvalue weighted by molar-refractivity contribution is 8.37. The fraction of sp³-hybridized carbons (Fsp3) is 0. The number of carbonyl (C=O) groups excluding carboxylic acids is 1. The summed E-state index contributed by atoms with van der Waals surface area (Å²) in [5.41, 5.74) is 7.28. The quantitative estimate of drug-likeness (QED) is 0.297. The van der Waals surface area contributed by atoms with E-state index in [4.69, 9.17) is 5.73 Å². The van der Waals surface area contributed by atoms with Crippen LogP contribution in [0.2, 0.25) is 0 Å². The predicted octanol–water partition coefficient (Wildman–Crippen LogP) is 0.881. The van der Waals surface area contributed by atoms with Gasteiger partial charge in [-0.2, -0.15) is 9.19 Å². The Hall–Kier alpha value is 0.1000. The van der Waals surface area contributed by atoms with E-state index < -0.39 is 6.09 Å². The van der Waals surface area contributed by atoms with Gasteiger partial charge in [-0.15, -0.1) is 0 Å². The van der Waals surface area contributed by atoms with E-state index in [9.17, 15) is 4.79 Å². The third-order valence-electron chi connectivity index (χ3n) is 0.578. The summed E-state index contributed by atoms with van der Waals surface area (Å²) in [5.74, 6) is 0. The van der Waals surface area contributed by atoms with E-state index in [0.29, 0.717) is 3.71 Å². The summed E-state index contributed by atoms with van der Waals surface area (Å²) in [6.45, 7) is 0. The molecule has 0 aromatic rings. The molecule has 0 aliphatic carbocycles. The molecule has 10 heteroatoms. The number of nitrogens with zero attached hydrogens (tertiary/aromatic N) is 1. The molecule has 0 saturated carbocycles. The standard InChI is InChI=1S/C3H5N3O2S5/c4-1(9)13-2(10)5-8-3(7)6(11)12/h11-12H,(H2,4,9)(H,5,10). The van der Waals surface area contributed by atoms with Crippen LogP contribution in [0.15, 0.2) is 0 Å².